The molecule has 0 nitrogen and oxygen atoms in total. The highest BCUT2D eigenvalue weighted by molar-refractivity contribution is 5.79. The Morgan fingerprint density at radius 2 is 0.727 bits per heavy atom. The van der Waals surface area contributed by atoms with Gasteiger partial charge in [-0.25, -0.2) is 0 Å². The van der Waals surface area contributed by atoms with Crippen molar-refractivity contribution < 1.29 is 0 Å². The van der Waals surface area contributed by atoms with E-state index in [9.17, 15) is 0 Å². The Labute approximate surface area is 197 Å². The van der Waals surface area contributed by atoms with Crippen molar-refractivity contribution >= 4 is 0 Å². The maximum atomic E-state index is 2.31. The van der Waals surface area contributed by atoms with E-state index in [1.165, 1.54) is 61.2 Å². The second-order valence-corrected chi connectivity index (χ2v) is 8.92. The van der Waals surface area contributed by atoms with Gasteiger partial charge in [0.2, 0.25) is 0 Å². The molecule has 0 heteroatoms. The third-order valence-corrected chi connectivity index (χ3v) is 6.37. The van der Waals surface area contributed by atoms with Crippen molar-refractivity contribution in [1.29, 1.82) is 0 Å². The molecule has 5 aromatic carbocycles. The van der Waals surface area contributed by atoms with Crippen LogP contribution < -0.4 is 0 Å². The molecule has 5 rings (SSSR count). The fourth-order valence-corrected chi connectivity index (χ4v) is 4.40. The minimum atomic E-state index is 1.25. The second kappa shape index (κ2) is 8.92. The summed E-state index contributed by atoms with van der Waals surface area (Å²) < 4.78 is 0. The molecule has 0 amide bonds. The summed E-state index contributed by atoms with van der Waals surface area (Å²) in [7, 11) is 0. The molecule has 5 aromatic rings. The first-order chi connectivity index (χ1) is 16.1. The van der Waals surface area contributed by atoms with Crippen LogP contribution in [0.25, 0.3) is 44.5 Å². The molecule has 0 atom stereocenters. The summed E-state index contributed by atoms with van der Waals surface area (Å²) in [4.78, 5) is 0. The van der Waals surface area contributed by atoms with Crippen LogP contribution in [0.4, 0.5) is 0 Å². The lowest BCUT2D eigenvalue weighted by Crippen LogP contribution is -1.88. The highest BCUT2D eigenvalue weighted by atomic mass is 14.1. The summed E-state index contributed by atoms with van der Waals surface area (Å²) >= 11 is 0. The van der Waals surface area contributed by atoms with E-state index in [2.05, 4.69) is 136 Å². The normalized spacial score (nSPS) is 10.9. The van der Waals surface area contributed by atoms with Gasteiger partial charge in [-0.2, -0.15) is 0 Å². The maximum Gasteiger partial charge on any atom is -0.0154 e. The van der Waals surface area contributed by atoms with Crippen molar-refractivity contribution in [1.82, 2.24) is 0 Å². The quantitative estimate of drug-likeness (QED) is 0.270. The fourth-order valence-electron chi connectivity index (χ4n) is 4.40. The molecular formula is C33H28. The Bertz CT molecular complexity index is 1400. The van der Waals surface area contributed by atoms with Gasteiger partial charge >= 0.3 is 0 Å². The predicted octanol–water partition coefficient (Wildman–Crippen LogP) is 9.28. The molecule has 0 spiro atoms. The van der Waals surface area contributed by atoms with Gasteiger partial charge < -0.3 is 0 Å². The third kappa shape index (κ3) is 4.52. The molecule has 0 saturated heterocycles. The summed E-state index contributed by atoms with van der Waals surface area (Å²) in [6, 6.07) is 42.0. The van der Waals surface area contributed by atoms with E-state index >= 15 is 0 Å². The highest BCUT2D eigenvalue weighted by Crippen LogP contribution is 2.33. The van der Waals surface area contributed by atoms with E-state index in [0.29, 0.717) is 0 Å². The van der Waals surface area contributed by atoms with Crippen LogP contribution >= 0.6 is 0 Å². The van der Waals surface area contributed by atoms with E-state index in [4.69, 9.17) is 0 Å². The first kappa shape index (κ1) is 21.0. The van der Waals surface area contributed by atoms with E-state index in [0.717, 1.165) is 0 Å². The molecular weight excluding hydrogens is 396 g/mol. The zero-order valence-corrected chi connectivity index (χ0v) is 19.5. The van der Waals surface area contributed by atoms with Crippen LogP contribution in [-0.4, -0.2) is 0 Å². The van der Waals surface area contributed by atoms with Gasteiger partial charge in [0.05, 0.1) is 0 Å². The standard InChI is InChI=1S/C33H28/c1-23-10-14-26(15-11-23)28-6-4-8-30(21-28)31-18-19-33(25(3)20-31)32-9-5-7-29(22-32)27-16-12-24(2)13-17-27/h4-22H,1-3H3. The highest BCUT2D eigenvalue weighted by Gasteiger charge is 2.08. The van der Waals surface area contributed by atoms with Gasteiger partial charge in [0, 0.05) is 0 Å². The van der Waals surface area contributed by atoms with Crippen LogP contribution in [-0.2, 0) is 0 Å². The first-order valence-electron chi connectivity index (χ1n) is 11.5. The van der Waals surface area contributed by atoms with Crippen molar-refractivity contribution in [2.24, 2.45) is 0 Å². The molecule has 0 radical (unpaired) electrons. The summed E-state index contributed by atoms with van der Waals surface area (Å²) in [6.07, 6.45) is 0. The van der Waals surface area contributed by atoms with Gasteiger partial charge in [-0.3, -0.25) is 0 Å². The maximum absolute atomic E-state index is 2.31. The Morgan fingerprint density at radius 3 is 1.24 bits per heavy atom. The van der Waals surface area contributed by atoms with Gasteiger partial charge in [0.15, 0.2) is 0 Å². The molecule has 0 saturated carbocycles. The predicted molar refractivity (Wildman–Crippen MR) is 142 cm³/mol. The molecule has 0 unspecified atom stereocenters. The van der Waals surface area contributed by atoms with Gasteiger partial charge in [-0.1, -0.05) is 114 Å². The number of hydrogen-bond donors (Lipinski definition) is 0. The van der Waals surface area contributed by atoms with E-state index in [1.54, 1.807) is 0 Å². The van der Waals surface area contributed by atoms with E-state index in [1.807, 2.05) is 0 Å². The molecule has 0 N–H and O–H groups in total. The van der Waals surface area contributed by atoms with Crippen LogP contribution in [0, 0.1) is 20.8 Å². The van der Waals surface area contributed by atoms with Crippen LogP contribution in [0.2, 0.25) is 0 Å². The minimum absolute atomic E-state index is 1.25. The third-order valence-electron chi connectivity index (χ3n) is 6.37. The lowest BCUT2D eigenvalue weighted by molar-refractivity contribution is 1.44. The second-order valence-electron chi connectivity index (χ2n) is 8.92. The lowest BCUT2D eigenvalue weighted by atomic mass is 9.92. The average Bonchev–Trinajstić information content (AvgIpc) is 2.85. The molecule has 33 heavy (non-hydrogen) atoms. The molecule has 0 fully saturated rings. The summed E-state index contributed by atoms with van der Waals surface area (Å²) in [6.45, 7) is 6.46. The average molecular weight is 425 g/mol. The molecule has 0 aliphatic rings. The SMILES string of the molecule is Cc1ccc(-c2cccc(-c3ccc(-c4cccc(-c5ccc(C)cc5)c4)c(C)c3)c2)cc1. The minimum Gasteiger partial charge on any atom is -0.0610 e. The number of aryl methyl sites for hydroxylation is 3. The molecule has 0 aromatic heterocycles. The molecule has 0 aliphatic carbocycles. The zero-order valence-electron chi connectivity index (χ0n) is 19.5. The van der Waals surface area contributed by atoms with Gasteiger partial charge in [0.25, 0.3) is 0 Å². The van der Waals surface area contributed by atoms with Crippen molar-refractivity contribution in [2.75, 3.05) is 0 Å². The van der Waals surface area contributed by atoms with E-state index in [-0.39, 0.29) is 0 Å². The number of rotatable bonds is 4. The lowest BCUT2D eigenvalue weighted by Gasteiger charge is -2.12. The van der Waals surface area contributed by atoms with Gasteiger partial charge in [-0.05, 0) is 83.0 Å². The first-order valence-corrected chi connectivity index (χ1v) is 11.5. The van der Waals surface area contributed by atoms with Crippen molar-refractivity contribution in [2.45, 2.75) is 20.8 Å². The molecule has 160 valence electrons. The molecule has 0 bridgehead atoms. The topological polar surface area (TPSA) is 0 Å². The van der Waals surface area contributed by atoms with Crippen LogP contribution in [0.15, 0.2) is 115 Å². The van der Waals surface area contributed by atoms with Crippen LogP contribution in [0.1, 0.15) is 16.7 Å². The van der Waals surface area contributed by atoms with Crippen molar-refractivity contribution in [3.05, 3.63) is 132 Å². The largest absolute Gasteiger partial charge is 0.0610 e. The van der Waals surface area contributed by atoms with Crippen LogP contribution in [0.5, 0.6) is 0 Å². The van der Waals surface area contributed by atoms with Gasteiger partial charge in [-0.15, -0.1) is 0 Å². The Balaban J connectivity index is 1.47. The van der Waals surface area contributed by atoms with Crippen molar-refractivity contribution in [3.8, 4) is 44.5 Å². The Hall–Kier alpha value is -3.90. The summed E-state index contributed by atoms with van der Waals surface area (Å²) in [5.74, 6) is 0. The number of hydrogen-bond acceptors (Lipinski definition) is 0. The van der Waals surface area contributed by atoms with Gasteiger partial charge in [0.1, 0.15) is 0 Å². The molecule has 0 aliphatic heterocycles. The molecule has 0 heterocycles. The van der Waals surface area contributed by atoms with Crippen LogP contribution in [0.3, 0.4) is 0 Å². The number of benzene rings is 5. The zero-order chi connectivity index (χ0) is 22.8. The smallest absolute Gasteiger partial charge is 0.0154 e. The fraction of sp³-hybridized carbons (Fsp3) is 0.0909. The monoisotopic (exact) mass is 424 g/mol. The van der Waals surface area contributed by atoms with Crippen molar-refractivity contribution in [3.63, 3.8) is 0 Å². The Morgan fingerprint density at radius 1 is 0.333 bits per heavy atom. The summed E-state index contributed by atoms with van der Waals surface area (Å²) in [5.41, 5.74) is 13.9. The van der Waals surface area contributed by atoms with E-state index < -0.39 is 0 Å². The summed E-state index contributed by atoms with van der Waals surface area (Å²) in [5, 5.41) is 0. The Kier molecular flexibility index (Phi) is 5.67.